The van der Waals surface area contributed by atoms with E-state index in [9.17, 15) is 0 Å². The molecule has 1 aromatic rings. The Kier molecular flexibility index (Phi) is 5.44. The van der Waals surface area contributed by atoms with Gasteiger partial charge in [-0.1, -0.05) is 23.7 Å². The van der Waals surface area contributed by atoms with E-state index in [0.717, 1.165) is 29.9 Å². The van der Waals surface area contributed by atoms with Crippen molar-refractivity contribution < 1.29 is 0 Å². The summed E-state index contributed by atoms with van der Waals surface area (Å²) in [5, 5.41) is 10.5. The molecule has 21 heavy (non-hydrogen) atoms. The average Bonchev–Trinajstić information content (AvgIpc) is 2.39. The zero-order valence-corrected chi connectivity index (χ0v) is 13.4. The second-order valence-electron chi connectivity index (χ2n) is 5.31. The molecule has 0 aliphatic carbocycles. The van der Waals surface area contributed by atoms with Gasteiger partial charge in [-0.15, -0.1) is 0 Å². The Morgan fingerprint density at radius 2 is 1.86 bits per heavy atom. The summed E-state index contributed by atoms with van der Waals surface area (Å²) in [4.78, 5) is 8.83. The van der Waals surface area contributed by atoms with Crippen molar-refractivity contribution in [2.24, 2.45) is 9.98 Å². The number of halogens is 1. The normalized spacial score (nSPS) is 17.9. The molecule has 0 saturated carbocycles. The van der Waals surface area contributed by atoms with Crippen LogP contribution >= 0.6 is 11.6 Å². The Bertz CT molecular complexity index is 521. The van der Waals surface area contributed by atoms with Crippen LogP contribution < -0.4 is 16.0 Å². The molecule has 1 atom stereocenters. The Balaban J connectivity index is 1.81. The van der Waals surface area contributed by atoms with E-state index in [1.54, 1.807) is 0 Å². The van der Waals surface area contributed by atoms with Crippen molar-refractivity contribution in [2.45, 2.75) is 39.4 Å². The molecule has 0 bridgehead atoms. The first-order chi connectivity index (χ1) is 10.0. The third-order valence-electron chi connectivity index (χ3n) is 2.91. The standard InChI is InChI=1S/C15H22ClN5/c1-10(2)18-15-20-11(3)19-14(21-15)17-9-8-12-4-6-13(16)7-5-12/h4-7,10-11H,8-9H2,1-3H3,(H3,17,18,19,20,21). The van der Waals surface area contributed by atoms with Crippen LogP contribution in [0, 0.1) is 0 Å². The predicted molar refractivity (Wildman–Crippen MR) is 88.9 cm³/mol. The zero-order chi connectivity index (χ0) is 15.2. The first kappa shape index (κ1) is 15.6. The summed E-state index contributed by atoms with van der Waals surface area (Å²) >= 11 is 5.88. The largest absolute Gasteiger partial charge is 0.356 e. The lowest BCUT2D eigenvalue weighted by Crippen LogP contribution is -2.51. The van der Waals surface area contributed by atoms with Crippen molar-refractivity contribution in [3.8, 4) is 0 Å². The van der Waals surface area contributed by atoms with Gasteiger partial charge in [-0.2, -0.15) is 0 Å². The van der Waals surface area contributed by atoms with E-state index >= 15 is 0 Å². The van der Waals surface area contributed by atoms with Crippen molar-refractivity contribution >= 4 is 23.5 Å². The molecule has 1 aliphatic rings. The number of nitrogens with one attached hydrogen (secondary N) is 3. The van der Waals surface area contributed by atoms with E-state index < -0.39 is 0 Å². The van der Waals surface area contributed by atoms with Crippen molar-refractivity contribution in [1.29, 1.82) is 0 Å². The van der Waals surface area contributed by atoms with Crippen molar-refractivity contribution in [1.82, 2.24) is 16.0 Å². The van der Waals surface area contributed by atoms with E-state index in [0.29, 0.717) is 6.04 Å². The van der Waals surface area contributed by atoms with E-state index in [1.165, 1.54) is 5.56 Å². The van der Waals surface area contributed by atoms with Crippen molar-refractivity contribution in [2.75, 3.05) is 6.54 Å². The lowest BCUT2D eigenvalue weighted by Gasteiger charge is -2.22. The first-order valence-corrected chi connectivity index (χ1v) is 7.58. The molecule has 114 valence electrons. The molecule has 0 amide bonds. The smallest absolute Gasteiger partial charge is 0.200 e. The average molecular weight is 308 g/mol. The molecule has 2 rings (SSSR count). The van der Waals surface area contributed by atoms with Gasteiger partial charge in [0.15, 0.2) is 11.9 Å². The summed E-state index contributed by atoms with van der Waals surface area (Å²) < 4.78 is 0. The molecule has 0 fully saturated rings. The van der Waals surface area contributed by atoms with Crippen LogP contribution in [-0.4, -0.2) is 30.7 Å². The number of hydrogen-bond acceptors (Lipinski definition) is 5. The van der Waals surface area contributed by atoms with Crippen molar-refractivity contribution in [3.63, 3.8) is 0 Å². The topological polar surface area (TPSA) is 60.8 Å². The summed E-state index contributed by atoms with van der Waals surface area (Å²) in [7, 11) is 0. The maximum atomic E-state index is 5.88. The van der Waals surface area contributed by atoms with Gasteiger partial charge in [-0.05, 0) is 44.9 Å². The van der Waals surface area contributed by atoms with Gasteiger partial charge >= 0.3 is 0 Å². The molecule has 5 nitrogen and oxygen atoms in total. The minimum Gasteiger partial charge on any atom is -0.356 e. The van der Waals surface area contributed by atoms with Gasteiger partial charge in [0.25, 0.3) is 0 Å². The number of hydrogen-bond donors (Lipinski definition) is 3. The first-order valence-electron chi connectivity index (χ1n) is 7.20. The minimum absolute atomic E-state index is 0.0782. The highest BCUT2D eigenvalue weighted by Crippen LogP contribution is 2.09. The molecule has 3 N–H and O–H groups in total. The quantitative estimate of drug-likeness (QED) is 0.798. The summed E-state index contributed by atoms with van der Waals surface area (Å²) in [6.07, 6.45) is 0.835. The van der Waals surface area contributed by atoms with Gasteiger partial charge in [0.1, 0.15) is 6.17 Å². The SMILES string of the molecule is CC1N=C(NCCc2ccc(Cl)cc2)NC(NC(C)C)=N1. The fourth-order valence-corrected chi connectivity index (χ4v) is 2.12. The van der Waals surface area contributed by atoms with Crippen LogP contribution in [0.15, 0.2) is 34.3 Å². The van der Waals surface area contributed by atoms with Crippen LogP contribution in [0.25, 0.3) is 0 Å². The number of guanidine groups is 2. The molecule has 0 saturated heterocycles. The minimum atomic E-state index is -0.0782. The van der Waals surface area contributed by atoms with Gasteiger partial charge in [0, 0.05) is 17.6 Å². The summed E-state index contributed by atoms with van der Waals surface area (Å²) in [5.74, 6) is 1.52. The summed E-state index contributed by atoms with van der Waals surface area (Å²) in [6, 6.07) is 8.22. The maximum Gasteiger partial charge on any atom is 0.200 e. The van der Waals surface area contributed by atoms with Crippen LogP contribution in [0.1, 0.15) is 26.3 Å². The molecule has 1 aromatic carbocycles. The van der Waals surface area contributed by atoms with Gasteiger partial charge in [0.2, 0.25) is 0 Å². The Labute approximate surface area is 130 Å². The molecule has 1 unspecified atom stereocenters. The molecule has 0 spiro atoms. The van der Waals surface area contributed by atoms with Gasteiger partial charge in [-0.3, -0.25) is 5.32 Å². The zero-order valence-electron chi connectivity index (χ0n) is 12.7. The molecule has 0 aromatic heterocycles. The Hall–Kier alpha value is -1.75. The highest BCUT2D eigenvalue weighted by atomic mass is 35.5. The van der Waals surface area contributed by atoms with Crippen LogP contribution in [0.2, 0.25) is 5.02 Å². The second kappa shape index (κ2) is 7.31. The fourth-order valence-electron chi connectivity index (χ4n) is 1.99. The van der Waals surface area contributed by atoms with E-state index in [1.807, 2.05) is 31.2 Å². The summed E-state index contributed by atoms with van der Waals surface area (Å²) in [5.41, 5.74) is 1.24. The van der Waals surface area contributed by atoms with Crippen molar-refractivity contribution in [3.05, 3.63) is 34.9 Å². The Morgan fingerprint density at radius 3 is 2.52 bits per heavy atom. The maximum absolute atomic E-state index is 5.88. The van der Waals surface area contributed by atoms with Crippen LogP contribution in [0.5, 0.6) is 0 Å². The lowest BCUT2D eigenvalue weighted by atomic mass is 10.1. The van der Waals surface area contributed by atoms with Gasteiger partial charge < -0.3 is 10.6 Å². The highest BCUT2D eigenvalue weighted by molar-refractivity contribution is 6.30. The molecule has 1 heterocycles. The van der Waals surface area contributed by atoms with Gasteiger partial charge in [0.05, 0.1) is 0 Å². The highest BCUT2D eigenvalue weighted by Gasteiger charge is 2.13. The van der Waals surface area contributed by atoms with Crippen LogP contribution in [0.4, 0.5) is 0 Å². The third-order valence-corrected chi connectivity index (χ3v) is 3.17. The number of nitrogens with zero attached hydrogens (tertiary/aromatic N) is 2. The monoisotopic (exact) mass is 307 g/mol. The van der Waals surface area contributed by atoms with Crippen LogP contribution in [-0.2, 0) is 6.42 Å². The van der Waals surface area contributed by atoms with Gasteiger partial charge in [-0.25, -0.2) is 9.98 Å². The predicted octanol–water partition coefficient (Wildman–Crippen LogP) is 2.13. The van der Waals surface area contributed by atoms with E-state index in [2.05, 4.69) is 39.8 Å². The van der Waals surface area contributed by atoms with E-state index in [4.69, 9.17) is 11.6 Å². The number of aliphatic imine (C=N–C) groups is 2. The summed E-state index contributed by atoms with van der Waals surface area (Å²) in [6.45, 7) is 6.92. The van der Waals surface area contributed by atoms with Crippen LogP contribution in [0.3, 0.4) is 0 Å². The third kappa shape index (κ3) is 5.27. The van der Waals surface area contributed by atoms with E-state index in [-0.39, 0.29) is 6.17 Å². The lowest BCUT2D eigenvalue weighted by molar-refractivity contribution is 0.677. The molecular formula is C15H22ClN5. The second-order valence-corrected chi connectivity index (χ2v) is 5.75. The molecule has 1 aliphatic heterocycles. The fraction of sp³-hybridized carbons (Fsp3) is 0.467. The Morgan fingerprint density at radius 1 is 1.19 bits per heavy atom. The molecule has 6 heteroatoms. The number of rotatable bonds is 4. The number of benzene rings is 1. The molecule has 0 radical (unpaired) electrons. The molecular weight excluding hydrogens is 286 g/mol.